The highest BCUT2D eigenvalue weighted by atomic mass is 32.1. The standard InChI is InChI=1S/C24H30N4S/c1-6-17(7-2)20-13-15(4)27-28-22(16(5)26-24(20)28)23-18(8-3)14-21(29-23)19-9-11-25-12-10-19/h9-14,17,24,26H,6-8H2,1-5H3. The van der Waals surface area contributed by atoms with Crippen LogP contribution >= 0.6 is 11.3 Å². The molecular weight excluding hydrogens is 376 g/mol. The first-order valence-corrected chi connectivity index (χ1v) is 11.5. The van der Waals surface area contributed by atoms with Gasteiger partial charge in [0.05, 0.1) is 16.3 Å². The molecule has 0 spiro atoms. The van der Waals surface area contributed by atoms with Gasteiger partial charge in [-0.15, -0.1) is 11.3 Å². The Labute approximate surface area is 178 Å². The third-order valence-corrected chi connectivity index (χ3v) is 7.20. The third kappa shape index (κ3) is 3.52. The number of hydrazone groups is 1. The molecule has 0 fully saturated rings. The summed E-state index contributed by atoms with van der Waals surface area (Å²) in [5.74, 6) is 0.578. The monoisotopic (exact) mass is 406 g/mol. The molecule has 0 saturated heterocycles. The van der Waals surface area contributed by atoms with Crippen LogP contribution in [-0.2, 0) is 6.42 Å². The minimum absolute atomic E-state index is 0.134. The maximum absolute atomic E-state index is 4.96. The summed E-state index contributed by atoms with van der Waals surface area (Å²) in [5.41, 5.74) is 7.59. The van der Waals surface area contributed by atoms with E-state index in [1.54, 1.807) is 0 Å². The summed E-state index contributed by atoms with van der Waals surface area (Å²) >= 11 is 1.86. The molecule has 0 amide bonds. The Hall–Kier alpha value is -2.40. The zero-order chi connectivity index (χ0) is 20.5. The number of rotatable bonds is 6. The number of nitrogens with one attached hydrogen (secondary N) is 1. The average Bonchev–Trinajstić information content (AvgIpc) is 3.29. The van der Waals surface area contributed by atoms with E-state index < -0.39 is 0 Å². The minimum Gasteiger partial charge on any atom is -0.362 e. The van der Waals surface area contributed by atoms with E-state index in [-0.39, 0.29) is 6.17 Å². The predicted octanol–water partition coefficient (Wildman–Crippen LogP) is 6.04. The van der Waals surface area contributed by atoms with Gasteiger partial charge in [-0.2, -0.15) is 5.10 Å². The van der Waals surface area contributed by atoms with Gasteiger partial charge in [-0.25, -0.2) is 5.01 Å². The fraction of sp³-hybridized carbons (Fsp3) is 0.417. The molecule has 4 nitrogen and oxygen atoms in total. The fourth-order valence-corrected chi connectivity index (χ4v) is 5.77. The molecule has 1 unspecified atom stereocenters. The number of aryl methyl sites for hydroxylation is 1. The molecule has 1 atom stereocenters. The second-order valence-electron chi connectivity index (χ2n) is 7.82. The maximum atomic E-state index is 4.96. The summed E-state index contributed by atoms with van der Waals surface area (Å²) in [6.45, 7) is 11.1. The van der Waals surface area contributed by atoms with Gasteiger partial charge in [0, 0.05) is 23.0 Å². The number of aromatic nitrogens is 1. The van der Waals surface area contributed by atoms with Crippen molar-refractivity contribution in [3.05, 3.63) is 58.4 Å². The van der Waals surface area contributed by atoms with Crippen LogP contribution in [-0.4, -0.2) is 21.9 Å². The molecule has 29 heavy (non-hydrogen) atoms. The average molecular weight is 407 g/mol. The van der Waals surface area contributed by atoms with Crippen molar-refractivity contribution in [2.24, 2.45) is 11.0 Å². The molecule has 1 N–H and O–H groups in total. The Morgan fingerprint density at radius 1 is 1.14 bits per heavy atom. The van der Waals surface area contributed by atoms with E-state index in [0.717, 1.165) is 25.0 Å². The van der Waals surface area contributed by atoms with Crippen LogP contribution in [0.1, 0.15) is 57.9 Å². The van der Waals surface area contributed by atoms with Crippen molar-refractivity contribution < 1.29 is 0 Å². The summed E-state index contributed by atoms with van der Waals surface area (Å²) in [6.07, 6.45) is 9.47. The first kappa shape index (κ1) is 19.9. The second-order valence-corrected chi connectivity index (χ2v) is 8.87. The predicted molar refractivity (Wildman–Crippen MR) is 124 cm³/mol. The van der Waals surface area contributed by atoms with Gasteiger partial charge in [0.25, 0.3) is 0 Å². The number of nitrogens with zero attached hydrogens (tertiary/aromatic N) is 3. The van der Waals surface area contributed by atoms with E-state index in [1.807, 2.05) is 23.7 Å². The Balaban J connectivity index is 1.76. The lowest BCUT2D eigenvalue weighted by Crippen LogP contribution is -2.40. The van der Waals surface area contributed by atoms with Crippen LogP contribution in [0, 0.1) is 5.92 Å². The smallest absolute Gasteiger partial charge is 0.143 e. The van der Waals surface area contributed by atoms with E-state index in [2.05, 4.69) is 74.2 Å². The van der Waals surface area contributed by atoms with Crippen molar-refractivity contribution in [1.82, 2.24) is 15.3 Å². The normalized spacial score (nSPS) is 18.7. The van der Waals surface area contributed by atoms with Gasteiger partial charge in [0.2, 0.25) is 0 Å². The van der Waals surface area contributed by atoms with E-state index in [4.69, 9.17) is 5.10 Å². The van der Waals surface area contributed by atoms with E-state index in [9.17, 15) is 0 Å². The van der Waals surface area contributed by atoms with Gasteiger partial charge in [0.15, 0.2) is 0 Å². The molecular formula is C24H30N4S. The summed E-state index contributed by atoms with van der Waals surface area (Å²) in [6, 6.07) is 6.51. The minimum atomic E-state index is 0.134. The van der Waals surface area contributed by atoms with E-state index in [1.165, 1.54) is 37.8 Å². The molecule has 152 valence electrons. The molecule has 5 heteroatoms. The first-order chi connectivity index (χ1) is 14.1. The fourth-order valence-electron chi connectivity index (χ4n) is 4.41. The van der Waals surface area contributed by atoms with Crippen LogP contribution in [0.5, 0.6) is 0 Å². The lowest BCUT2D eigenvalue weighted by molar-refractivity contribution is 0.309. The highest BCUT2D eigenvalue weighted by Gasteiger charge is 2.38. The largest absolute Gasteiger partial charge is 0.362 e. The molecule has 0 bridgehead atoms. The van der Waals surface area contributed by atoms with Crippen LogP contribution in [0.4, 0.5) is 0 Å². The Morgan fingerprint density at radius 2 is 1.86 bits per heavy atom. The number of thiophene rings is 1. The molecule has 0 radical (unpaired) electrons. The van der Waals surface area contributed by atoms with Gasteiger partial charge in [0.1, 0.15) is 6.17 Å². The number of hydrogen-bond acceptors (Lipinski definition) is 5. The number of pyridine rings is 1. The third-order valence-electron chi connectivity index (χ3n) is 5.97. The van der Waals surface area contributed by atoms with Crippen molar-refractivity contribution in [1.29, 1.82) is 0 Å². The van der Waals surface area contributed by atoms with Crippen LogP contribution in [0.15, 0.2) is 53.0 Å². The molecule has 2 aromatic heterocycles. The maximum Gasteiger partial charge on any atom is 0.143 e. The quantitative estimate of drug-likeness (QED) is 0.635. The van der Waals surface area contributed by atoms with Crippen LogP contribution in [0.2, 0.25) is 0 Å². The molecule has 0 aliphatic carbocycles. The SMILES string of the molecule is CCc1cc(-c2ccncc2)sc1C1=C(C)NC2C(C(CC)CC)=CC(C)=NN12. The summed E-state index contributed by atoms with van der Waals surface area (Å²) in [7, 11) is 0. The highest BCUT2D eigenvalue weighted by Crippen LogP contribution is 2.43. The van der Waals surface area contributed by atoms with Gasteiger partial charge < -0.3 is 5.32 Å². The Morgan fingerprint density at radius 3 is 2.52 bits per heavy atom. The van der Waals surface area contributed by atoms with Gasteiger partial charge >= 0.3 is 0 Å². The molecule has 0 saturated carbocycles. The molecule has 2 aromatic rings. The van der Waals surface area contributed by atoms with Crippen LogP contribution in [0.25, 0.3) is 16.1 Å². The second kappa shape index (κ2) is 8.15. The van der Waals surface area contributed by atoms with Crippen molar-refractivity contribution in [3.63, 3.8) is 0 Å². The summed E-state index contributed by atoms with van der Waals surface area (Å²) in [5, 5.41) is 10.9. The number of fused-ring (bicyclic) bond motifs is 1. The van der Waals surface area contributed by atoms with Gasteiger partial charge in [-0.1, -0.05) is 20.8 Å². The van der Waals surface area contributed by atoms with Crippen LogP contribution in [0.3, 0.4) is 0 Å². The van der Waals surface area contributed by atoms with E-state index >= 15 is 0 Å². The van der Waals surface area contributed by atoms with Crippen molar-refractivity contribution in [2.45, 2.75) is 60.0 Å². The molecule has 2 aliphatic heterocycles. The molecule has 4 heterocycles. The molecule has 0 aromatic carbocycles. The zero-order valence-corrected chi connectivity index (χ0v) is 18.8. The first-order valence-electron chi connectivity index (χ1n) is 10.6. The van der Waals surface area contributed by atoms with Gasteiger partial charge in [-0.3, -0.25) is 4.98 Å². The van der Waals surface area contributed by atoms with Crippen molar-refractivity contribution >= 4 is 22.7 Å². The summed E-state index contributed by atoms with van der Waals surface area (Å²) in [4.78, 5) is 6.78. The van der Waals surface area contributed by atoms with Gasteiger partial charge in [-0.05, 0) is 80.0 Å². The zero-order valence-electron chi connectivity index (χ0n) is 18.0. The van der Waals surface area contributed by atoms with Crippen molar-refractivity contribution in [2.75, 3.05) is 0 Å². The van der Waals surface area contributed by atoms with Crippen LogP contribution < -0.4 is 5.32 Å². The lowest BCUT2D eigenvalue weighted by Gasteiger charge is -2.33. The molecule has 2 aliphatic rings. The highest BCUT2D eigenvalue weighted by molar-refractivity contribution is 7.16. The lowest BCUT2D eigenvalue weighted by atomic mass is 9.89. The Kier molecular flexibility index (Phi) is 5.59. The number of hydrogen-bond donors (Lipinski definition) is 1. The Bertz CT molecular complexity index is 980. The van der Waals surface area contributed by atoms with E-state index in [0.29, 0.717) is 5.92 Å². The summed E-state index contributed by atoms with van der Waals surface area (Å²) < 4.78 is 0. The topological polar surface area (TPSA) is 40.5 Å². The number of allylic oxidation sites excluding steroid dienone is 2. The van der Waals surface area contributed by atoms with Crippen molar-refractivity contribution in [3.8, 4) is 10.4 Å². The molecule has 4 rings (SSSR count).